The Morgan fingerprint density at radius 1 is 0.952 bits per heavy atom. The Balaban J connectivity index is 1.55. The van der Waals surface area contributed by atoms with Gasteiger partial charge in [-0.3, -0.25) is 4.79 Å². The SMILES string of the molecule is NC[C@H](O)C(=O)C[C@@H]1C[C@H](N)[C@@H](O[C@H]2O[C@H](CN)[C@@H](O)C[C@H]2NC2CNC2)[C@H](O)[C@H]1O[C@H]1O[C@H](CO)[C@@H](O)[C@H](N)[C@H]1O. The maximum atomic E-state index is 12.7. The van der Waals surface area contributed by atoms with Crippen molar-refractivity contribution >= 4 is 5.78 Å². The maximum Gasteiger partial charge on any atom is 0.186 e. The van der Waals surface area contributed by atoms with Gasteiger partial charge in [-0.15, -0.1) is 0 Å². The van der Waals surface area contributed by atoms with E-state index >= 15 is 0 Å². The second kappa shape index (κ2) is 14.9. The predicted molar refractivity (Wildman–Crippen MR) is 144 cm³/mol. The molecule has 0 unspecified atom stereocenters. The zero-order valence-corrected chi connectivity index (χ0v) is 23.4. The van der Waals surface area contributed by atoms with Crippen LogP contribution >= 0.6 is 0 Å². The number of aliphatic hydroxyl groups excluding tert-OH is 6. The highest BCUT2D eigenvalue weighted by molar-refractivity contribution is 5.83. The highest BCUT2D eigenvalue weighted by Gasteiger charge is 2.51. The van der Waals surface area contributed by atoms with E-state index in [0.717, 1.165) is 13.1 Å². The van der Waals surface area contributed by atoms with Crippen LogP contribution in [0.2, 0.25) is 0 Å². The van der Waals surface area contributed by atoms with E-state index in [1.165, 1.54) is 0 Å². The fourth-order valence-electron chi connectivity index (χ4n) is 6.05. The van der Waals surface area contributed by atoms with Gasteiger partial charge in [-0.1, -0.05) is 0 Å². The number of Topliss-reactive ketones (excluding diaryl/α,β-unsaturated/α-hetero) is 1. The van der Waals surface area contributed by atoms with Crippen molar-refractivity contribution in [3.8, 4) is 0 Å². The van der Waals surface area contributed by atoms with Crippen LogP contribution in [-0.4, -0.2) is 161 Å². The van der Waals surface area contributed by atoms with Crippen LogP contribution in [0.25, 0.3) is 0 Å². The van der Waals surface area contributed by atoms with E-state index in [4.69, 9.17) is 41.9 Å². The average molecular weight is 609 g/mol. The molecule has 4 fully saturated rings. The molecule has 0 aromatic rings. The molecule has 0 bridgehead atoms. The number of aliphatic hydroxyl groups is 6. The van der Waals surface area contributed by atoms with E-state index in [2.05, 4.69) is 10.6 Å². The molecule has 16 N–H and O–H groups in total. The molecule has 3 heterocycles. The van der Waals surface area contributed by atoms with Crippen molar-refractivity contribution in [1.29, 1.82) is 0 Å². The molecule has 0 aromatic heterocycles. The summed E-state index contributed by atoms with van der Waals surface area (Å²) in [6.45, 7) is 0.562. The zero-order valence-electron chi connectivity index (χ0n) is 23.4. The minimum atomic E-state index is -1.55. The van der Waals surface area contributed by atoms with Crippen LogP contribution in [0.15, 0.2) is 0 Å². The Morgan fingerprint density at radius 3 is 2.21 bits per heavy atom. The first-order valence-corrected chi connectivity index (χ1v) is 14.5. The molecule has 0 spiro atoms. The molecule has 0 radical (unpaired) electrons. The van der Waals surface area contributed by atoms with Crippen molar-refractivity contribution in [1.82, 2.24) is 10.6 Å². The second-order valence-corrected chi connectivity index (χ2v) is 11.8. The summed E-state index contributed by atoms with van der Waals surface area (Å²) in [5.41, 5.74) is 23.7. The third kappa shape index (κ3) is 7.45. The lowest BCUT2D eigenvalue weighted by Crippen LogP contribution is -2.67. The van der Waals surface area contributed by atoms with Gasteiger partial charge in [-0.05, 0) is 18.8 Å². The summed E-state index contributed by atoms with van der Waals surface area (Å²) in [7, 11) is 0. The molecular formula is C25H48N6O11. The summed E-state index contributed by atoms with van der Waals surface area (Å²) in [4.78, 5) is 12.7. The lowest BCUT2D eigenvalue weighted by Gasteiger charge is -2.49. The van der Waals surface area contributed by atoms with Gasteiger partial charge in [0.2, 0.25) is 0 Å². The van der Waals surface area contributed by atoms with Crippen LogP contribution in [0.4, 0.5) is 0 Å². The predicted octanol–water partition coefficient (Wildman–Crippen LogP) is -7.13. The molecule has 244 valence electrons. The van der Waals surface area contributed by atoms with Gasteiger partial charge in [0.05, 0.1) is 37.0 Å². The maximum absolute atomic E-state index is 12.7. The summed E-state index contributed by atoms with van der Waals surface area (Å²) in [6, 6.07) is -2.39. The molecule has 15 atom stereocenters. The lowest BCUT2D eigenvalue weighted by atomic mass is 9.76. The Hall–Kier alpha value is -0.970. The summed E-state index contributed by atoms with van der Waals surface area (Å²) in [5.74, 6) is -1.36. The monoisotopic (exact) mass is 608 g/mol. The van der Waals surface area contributed by atoms with E-state index in [1.807, 2.05) is 0 Å². The highest BCUT2D eigenvalue weighted by atomic mass is 16.7. The van der Waals surface area contributed by atoms with Crippen LogP contribution in [0.5, 0.6) is 0 Å². The van der Waals surface area contributed by atoms with Crippen molar-refractivity contribution < 1.29 is 54.4 Å². The number of ketones is 1. The van der Waals surface area contributed by atoms with Crippen molar-refractivity contribution in [2.24, 2.45) is 28.9 Å². The number of carbonyl (C=O) groups is 1. The molecule has 4 aliphatic rings. The third-order valence-electron chi connectivity index (χ3n) is 8.74. The molecular weight excluding hydrogens is 560 g/mol. The van der Waals surface area contributed by atoms with Crippen molar-refractivity contribution in [3.63, 3.8) is 0 Å². The third-order valence-corrected chi connectivity index (χ3v) is 8.74. The first-order chi connectivity index (χ1) is 20.0. The summed E-state index contributed by atoms with van der Waals surface area (Å²) in [6.07, 6.45) is -13.3. The van der Waals surface area contributed by atoms with Crippen LogP contribution in [0, 0.1) is 5.92 Å². The first-order valence-electron chi connectivity index (χ1n) is 14.5. The lowest BCUT2D eigenvalue weighted by molar-refractivity contribution is -0.320. The summed E-state index contributed by atoms with van der Waals surface area (Å²) < 4.78 is 23.9. The van der Waals surface area contributed by atoms with Crippen molar-refractivity contribution in [3.05, 3.63) is 0 Å². The summed E-state index contributed by atoms with van der Waals surface area (Å²) >= 11 is 0. The molecule has 4 rings (SSSR count). The highest BCUT2D eigenvalue weighted by Crippen LogP contribution is 2.36. The van der Waals surface area contributed by atoms with E-state index in [0.29, 0.717) is 0 Å². The molecule has 17 nitrogen and oxygen atoms in total. The first kappa shape index (κ1) is 33.9. The van der Waals surface area contributed by atoms with Gasteiger partial charge < -0.3 is 83.2 Å². The Kier molecular flexibility index (Phi) is 12.0. The number of hydrogen-bond acceptors (Lipinski definition) is 17. The normalized spacial score (nSPS) is 45.8. The fourth-order valence-corrected chi connectivity index (χ4v) is 6.05. The topological polar surface area (TPSA) is 304 Å². The molecule has 17 heteroatoms. The van der Waals surface area contributed by atoms with Crippen LogP contribution in [-0.2, 0) is 23.7 Å². The molecule has 3 aliphatic heterocycles. The standard InChI is InChI=1S/C25H48N6O11/c26-4-15(35)13(33)2-9-1-11(28)23(21(38)22(9)41-25-20(37)18(29)19(36)17(8-32)40-25)42-24-12(31-10-6-30-7-10)3-14(34)16(5-27)39-24/h9-12,14-25,30-32,34-38H,1-8,26-29H2/t9-,11-,12+,14-,15-,16+,17+,18-,19+,20+,21+,22-,23+,24+,25+/m0/s1. The molecule has 1 saturated carbocycles. The van der Waals surface area contributed by atoms with E-state index < -0.39 is 104 Å². The van der Waals surface area contributed by atoms with Crippen LogP contribution < -0.4 is 33.6 Å². The number of nitrogens with two attached hydrogens (primary N) is 4. The number of nitrogens with one attached hydrogen (secondary N) is 2. The molecule has 0 amide bonds. The molecule has 1 aliphatic carbocycles. The van der Waals surface area contributed by atoms with E-state index in [1.54, 1.807) is 0 Å². The minimum Gasteiger partial charge on any atom is -0.394 e. The largest absolute Gasteiger partial charge is 0.394 e. The average Bonchev–Trinajstić information content (AvgIpc) is 2.95. The van der Waals surface area contributed by atoms with Gasteiger partial charge >= 0.3 is 0 Å². The second-order valence-electron chi connectivity index (χ2n) is 11.8. The smallest absolute Gasteiger partial charge is 0.186 e. The van der Waals surface area contributed by atoms with E-state index in [-0.39, 0.29) is 38.4 Å². The molecule has 42 heavy (non-hydrogen) atoms. The van der Waals surface area contributed by atoms with Gasteiger partial charge in [0.1, 0.15) is 36.6 Å². The van der Waals surface area contributed by atoms with Gasteiger partial charge in [0, 0.05) is 44.7 Å². The van der Waals surface area contributed by atoms with Gasteiger partial charge in [0.25, 0.3) is 0 Å². The number of ether oxygens (including phenoxy) is 4. The van der Waals surface area contributed by atoms with E-state index in [9.17, 15) is 35.4 Å². The Morgan fingerprint density at radius 2 is 1.62 bits per heavy atom. The molecule has 3 saturated heterocycles. The quantitative estimate of drug-likeness (QED) is 0.0979. The van der Waals surface area contributed by atoms with Gasteiger partial charge in [-0.2, -0.15) is 0 Å². The van der Waals surface area contributed by atoms with Gasteiger partial charge in [0.15, 0.2) is 18.4 Å². The summed E-state index contributed by atoms with van der Waals surface area (Å²) in [5, 5.41) is 69.2. The zero-order chi connectivity index (χ0) is 30.7. The molecule has 0 aromatic carbocycles. The fraction of sp³-hybridized carbons (Fsp3) is 0.960. The Labute approximate surface area is 243 Å². The Bertz CT molecular complexity index is 875. The van der Waals surface area contributed by atoms with Crippen molar-refractivity contribution in [2.45, 2.75) is 111 Å². The number of carbonyl (C=O) groups excluding carboxylic acids is 1. The van der Waals surface area contributed by atoms with Crippen molar-refractivity contribution in [2.75, 3.05) is 32.8 Å². The van der Waals surface area contributed by atoms with Crippen LogP contribution in [0.3, 0.4) is 0 Å². The number of rotatable bonds is 12. The number of hydrogen-bond donors (Lipinski definition) is 12. The van der Waals surface area contributed by atoms with Crippen LogP contribution in [0.1, 0.15) is 19.3 Å². The van der Waals surface area contributed by atoms with Gasteiger partial charge in [-0.25, -0.2) is 0 Å². The minimum absolute atomic E-state index is 0.0342.